The molecular weight excluding hydrogens is 340 g/mol. The minimum atomic E-state index is -0.288. The summed E-state index contributed by atoms with van der Waals surface area (Å²) in [5.41, 5.74) is 2.63. The summed E-state index contributed by atoms with van der Waals surface area (Å²) >= 11 is 0. The van der Waals surface area contributed by atoms with Crippen LogP contribution in [-0.4, -0.2) is 21.5 Å². The lowest BCUT2D eigenvalue weighted by Crippen LogP contribution is -2.24. The number of carbonyl (C=O) groups is 2. The molecule has 0 aliphatic heterocycles. The quantitative estimate of drug-likeness (QED) is 0.709. The molecule has 0 N–H and O–H groups in total. The fourth-order valence-electron chi connectivity index (χ4n) is 4.11. The highest BCUT2D eigenvalue weighted by molar-refractivity contribution is 5.90. The van der Waals surface area contributed by atoms with E-state index < -0.39 is 0 Å². The lowest BCUT2D eigenvalue weighted by Gasteiger charge is -2.28. The van der Waals surface area contributed by atoms with E-state index in [1.807, 2.05) is 30.3 Å². The van der Waals surface area contributed by atoms with E-state index in [0.717, 1.165) is 49.8 Å². The van der Waals surface area contributed by atoms with E-state index in [9.17, 15) is 9.59 Å². The van der Waals surface area contributed by atoms with Gasteiger partial charge in [-0.05, 0) is 51.0 Å². The van der Waals surface area contributed by atoms with Crippen molar-refractivity contribution >= 4 is 11.8 Å². The van der Waals surface area contributed by atoms with Gasteiger partial charge in [-0.2, -0.15) is 5.10 Å². The van der Waals surface area contributed by atoms with E-state index in [1.165, 1.54) is 0 Å². The van der Waals surface area contributed by atoms with Crippen molar-refractivity contribution in [3.8, 4) is 0 Å². The Hall–Kier alpha value is -2.43. The standard InChI is InChI=1S/C22H26N2O3/c1-15(25)17-9-11-19(12-10-17)24-21(18-7-8-18)20(13-23-24)22(26)27-14-16-5-3-2-4-6-16/h2-6,13,17-19H,7-12,14H2,1H3/t17-,19-. The molecule has 0 unspecified atom stereocenters. The Kier molecular flexibility index (Phi) is 5.10. The van der Waals surface area contributed by atoms with Crippen molar-refractivity contribution in [3.05, 3.63) is 53.3 Å². The van der Waals surface area contributed by atoms with Gasteiger partial charge in [0, 0.05) is 11.8 Å². The third-order valence-electron chi connectivity index (χ3n) is 5.85. The molecule has 5 nitrogen and oxygen atoms in total. The summed E-state index contributed by atoms with van der Waals surface area (Å²) in [6.07, 6.45) is 7.61. The third-order valence-corrected chi connectivity index (χ3v) is 5.85. The number of aromatic nitrogens is 2. The molecule has 27 heavy (non-hydrogen) atoms. The second kappa shape index (κ2) is 7.67. The van der Waals surface area contributed by atoms with Crippen LogP contribution in [-0.2, 0) is 16.1 Å². The Morgan fingerprint density at radius 3 is 2.41 bits per heavy atom. The Labute approximate surface area is 159 Å². The number of ether oxygens (including phenoxy) is 1. The van der Waals surface area contributed by atoms with E-state index in [0.29, 0.717) is 17.3 Å². The van der Waals surface area contributed by atoms with E-state index >= 15 is 0 Å². The summed E-state index contributed by atoms with van der Waals surface area (Å²) < 4.78 is 7.61. The van der Waals surface area contributed by atoms with Crippen LogP contribution in [0.1, 0.15) is 79.0 Å². The van der Waals surface area contributed by atoms with Crippen LogP contribution in [0.15, 0.2) is 36.5 Å². The van der Waals surface area contributed by atoms with E-state index in [1.54, 1.807) is 13.1 Å². The highest BCUT2D eigenvalue weighted by atomic mass is 16.5. The molecule has 0 saturated heterocycles. The van der Waals surface area contributed by atoms with Gasteiger partial charge in [-0.25, -0.2) is 4.79 Å². The number of hydrogen-bond donors (Lipinski definition) is 0. The van der Waals surface area contributed by atoms with Gasteiger partial charge >= 0.3 is 5.97 Å². The molecule has 0 spiro atoms. The highest BCUT2D eigenvalue weighted by Crippen LogP contribution is 2.44. The number of esters is 1. The van der Waals surface area contributed by atoms with E-state index in [4.69, 9.17) is 4.74 Å². The number of hydrogen-bond acceptors (Lipinski definition) is 4. The molecule has 1 aromatic carbocycles. The molecular formula is C22H26N2O3. The zero-order valence-electron chi connectivity index (χ0n) is 15.8. The second-order valence-corrected chi connectivity index (χ2v) is 7.84. The first-order chi connectivity index (χ1) is 13.1. The van der Waals surface area contributed by atoms with Gasteiger partial charge in [0.25, 0.3) is 0 Å². The summed E-state index contributed by atoms with van der Waals surface area (Å²) in [7, 11) is 0. The highest BCUT2D eigenvalue weighted by Gasteiger charge is 2.36. The molecule has 2 saturated carbocycles. The number of nitrogens with zero attached hydrogens (tertiary/aromatic N) is 2. The monoisotopic (exact) mass is 366 g/mol. The van der Waals surface area contributed by atoms with Crippen molar-refractivity contribution in [2.75, 3.05) is 0 Å². The number of ketones is 1. The van der Waals surface area contributed by atoms with Crippen LogP contribution in [0.3, 0.4) is 0 Å². The van der Waals surface area contributed by atoms with Gasteiger partial charge in [0.15, 0.2) is 0 Å². The molecule has 0 radical (unpaired) electrons. The molecule has 1 heterocycles. The van der Waals surface area contributed by atoms with Gasteiger partial charge in [0.05, 0.1) is 17.9 Å². The minimum absolute atomic E-state index is 0.191. The molecule has 0 atom stereocenters. The second-order valence-electron chi connectivity index (χ2n) is 7.84. The minimum Gasteiger partial charge on any atom is -0.457 e. The van der Waals surface area contributed by atoms with Crippen molar-refractivity contribution in [2.24, 2.45) is 5.92 Å². The predicted molar refractivity (Wildman–Crippen MR) is 101 cm³/mol. The molecule has 2 aromatic rings. The molecule has 2 aliphatic carbocycles. The number of Topliss-reactive ketones (excluding diaryl/α,β-unsaturated/α-hetero) is 1. The summed E-state index contributed by atoms with van der Waals surface area (Å²) in [4.78, 5) is 24.3. The normalized spacial score (nSPS) is 22.4. The first kappa shape index (κ1) is 18.0. The van der Waals surface area contributed by atoms with Crippen molar-refractivity contribution in [1.82, 2.24) is 9.78 Å². The topological polar surface area (TPSA) is 61.2 Å². The van der Waals surface area contributed by atoms with E-state index in [2.05, 4.69) is 9.78 Å². The summed E-state index contributed by atoms with van der Waals surface area (Å²) in [6.45, 7) is 1.97. The fraction of sp³-hybridized carbons (Fsp3) is 0.500. The number of benzene rings is 1. The number of carbonyl (C=O) groups excluding carboxylic acids is 2. The number of rotatable bonds is 6. The Bertz CT molecular complexity index is 815. The summed E-state index contributed by atoms with van der Waals surface area (Å²) in [6, 6.07) is 10.0. The van der Waals surface area contributed by atoms with Crippen molar-refractivity contribution < 1.29 is 14.3 Å². The molecule has 0 bridgehead atoms. The Morgan fingerprint density at radius 2 is 1.78 bits per heavy atom. The Morgan fingerprint density at radius 1 is 1.07 bits per heavy atom. The molecule has 1 aromatic heterocycles. The largest absolute Gasteiger partial charge is 0.457 e. The molecule has 142 valence electrons. The van der Waals surface area contributed by atoms with Crippen LogP contribution in [0, 0.1) is 5.92 Å². The zero-order chi connectivity index (χ0) is 18.8. The predicted octanol–water partition coefficient (Wildman–Crippen LogP) is 4.44. The van der Waals surface area contributed by atoms with Crippen molar-refractivity contribution in [1.29, 1.82) is 0 Å². The van der Waals surface area contributed by atoms with Crippen LogP contribution in [0.2, 0.25) is 0 Å². The van der Waals surface area contributed by atoms with Gasteiger partial charge in [-0.1, -0.05) is 30.3 Å². The maximum atomic E-state index is 12.7. The third kappa shape index (κ3) is 3.97. The van der Waals surface area contributed by atoms with Gasteiger partial charge < -0.3 is 4.74 Å². The maximum Gasteiger partial charge on any atom is 0.341 e. The van der Waals surface area contributed by atoms with Crippen molar-refractivity contribution in [2.45, 2.75) is 64.0 Å². The van der Waals surface area contributed by atoms with E-state index in [-0.39, 0.29) is 24.5 Å². The van der Waals surface area contributed by atoms with Gasteiger partial charge in [0.2, 0.25) is 0 Å². The van der Waals surface area contributed by atoms with Gasteiger partial charge in [-0.3, -0.25) is 9.48 Å². The molecule has 5 heteroatoms. The van der Waals surface area contributed by atoms with Crippen LogP contribution < -0.4 is 0 Å². The van der Waals surface area contributed by atoms with Gasteiger partial charge in [-0.15, -0.1) is 0 Å². The molecule has 2 fully saturated rings. The Balaban J connectivity index is 1.48. The van der Waals surface area contributed by atoms with Crippen LogP contribution in [0.25, 0.3) is 0 Å². The molecule has 0 amide bonds. The fourth-order valence-corrected chi connectivity index (χ4v) is 4.11. The first-order valence-electron chi connectivity index (χ1n) is 9.92. The van der Waals surface area contributed by atoms with Crippen LogP contribution >= 0.6 is 0 Å². The zero-order valence-corrected chi connectivity index (χ0v) is 15.8. The lowest BCUT2D eigenvalue weighted by atomic mass is 9.84. The van der Waals surface area contributed by atoms with Crippen molar-refractivity contribution in [3.63, 3.8) is 0 Å². The first-order valence-corrected chi connectivity index (χ1v) is 9.92. The average molecular weight is 366 g/mol. The smallest absolute Gasteiger partial charge is 0.341 e. The SMILES string of the molecule is CC(=O)[C@H]1CC[C@H](n2ncc(C(=O)OCc3ccccc3)c2C2CC2)CC1. The summed E-state index contributed by atoms with van der Waals surface area (Å²) in [5.74, 6) is 0.611. The average Bonchev–Trinajstić information content (AvgIpc) is 3.44. The maximum absolute atomic E-state index is 12.7. The lowest BCUT2D eigenvalue weighted by molar-refractivity contribution is -0.121. The van der Waals surface area contributed by atoms with Crippen LogP contribution in [0.4, 0.5) is 0 Å². The van der Waals surface area contributed by atoms with Gasteiger partial charge in [0.1, 0.15) is 18.0 Å². The summed E-state index contributed by atoms with van der Waals surface area (Å²) in [5, 5.41) is 4.58. The molecule has 2 aliphatic rings. The molecule has 4 rings (SSSR count). The van der Waals surface area contributed by atoms with Crippen LogP contribution in [0.5, 0.6) is 0 Å².